The van der Waals surface area contributed by atoms with Crippen molar-refractivity contribution < 1.29 is 0 Å². The molecule has 0 aromatic rings. The molecule has 0 aliphatic carbocycles. The molecule has 0 bridgehead atoms. The van der Waals surface area contributed by atoms with Crippen molar-refractivity contribution in [1.29, 1.82) is 0 Å². The van der Waals surface area contributed by atoms with Crippen LogP contribution in [-0.2, 0) is 0 Å². The molecule has 3 heteroatoms. The molecule has 0 aromatic heterocycles. The molecule has 2 aliphatic heterocycles. The maximum atomic E-state index is 7.13. The summed E-state index contributed by atoms with van der Waals surface area (Å²) in [6, 6.07) is 0. The molecule has 2 heterocycles. The van der Waals surface area contributed by atoms with Crippen LogP contribution in [0.5, 0.6) is 0 Å². The molecular weight excluding hydrogens is 639 g/mol. The summed E-state index contributed by atoms with van der Waals surface area (Å²) in [6.45, 7) is 27.9. The van der Waals surface area contributed by atoms with E-state index < -0.39 is 18.0 Å². The molecule has 0 radical (unpaired) electrons. The van der Waals surface area contributed by atoms with Gasteiger partial charge in [-0.05, 0) is 0 Å². The molecule has 0 amide bonds. The molecule has 0 saturated heterocycles. The van der Waals surface area contributed by atoms with Crippen LogP contribution in [0, 0.1) is 21.7 Å². The second kappa shape index (κ2) is 10.0. The maximum absolute atomic E-state index is 7.13. The molecule has 0 unspecified atom stereocenters. The first-order chi connectivity index (χ1) is 14.3. The summed E-state index contributed by atoms with van der Waals surface area (Å²) in [4.78, 5) is 0. The number of hydrogen-bond acceptors (Lipinski definition) is 0. The van der Waals surface area contributed by atoms with Crippen molar-refractivity contribution in [2.24, 2.45) is 21.7 Å². The molecule has 0 spiro atoms. The van der Waals surface area contributed by atoms with E-state index in [2.05, 4.69) is 126 Å². The summed E-state index contributed by atoms with van der Waals surface area (Å²) in [7, 11) is 7.13. The SMILES string of the molecule is CC(C)(C)C1=CC(=CC=CC2=CC(C(C)(C)C)=[Te](Cl)C(C(C)(C)C)=C2)C=C(C(C)(C)C)[Te]1. The Morgan fingerprint density at radius 3 is 1.59 bits per heavy atom. The van der Waals surface area contributed by atoms with Crippen LogP contribution in [0.4, 0.5) is 0 Å². The molecule has 0 aromatic carbocycles. The number of rotatable bonds is 2. The van der Waals surface area contributed by atoms with E-state index in [0.717, 1.165) is 0 Å². The zero-order valence-corrected chi connectivity index (χ0v) is 27.7. The molecule has 32 heavy (non-hydrogen) atoms. The van der Waals surface area contributed by atoms with Crippen LogP contribution in [-0.4, -0.2) is 42.4 Å². The fraction of sp³-hybridized carbons (Fsp3) is 0.552. The minimum atomic E-state index is -1.97. The zero-order valence-electron chi connectivity index (χ0n) is 22.2. The molecule has 2 aliphatic rings. The second-order valence-electron chi connectivity index (χ2n) is 12.9. The van der Waals surface area contributed by atoms with Gasteiger partial charge < -0.3 is 0 Å². The van der Waals surface area contributed by atoms with E-state index >= 15 is 0 Å². The summed E-state index contributed by atoms with van der Waals surface area (Å²) < 4.78 is 6.22. The Labute approximate surface area is 219 Å². The third kappa shape index (κ3) is 7.59. The van der Waals surface area contributed by atoms with Gasteiger partial charge in [-0.15, -0.1) is 0 Å². The van der Waals surface area contributed by atoms with Crippen molar-refractivity contribution in [2.75, 3.05) is 0 Å². The van der Waals surface area contributed by atoms with Crippen molar-refractivity contribution in [3.63, 3.8) is 0 Å². The Balaban J connectivity index is 2.49. The first-order valence-electron chi connectivity index (χ1n) is 11.5. The quantitative estimate of drug-likeness (QED) is 0.257. The third-order valence-corrected chi connectivity index (χ3v) is 19.4. The van der Waals surface area contributed by atoms with Gasteiger partial charge in [0.1, 0.15) is 0 Å². The van der Waals surface area contributed by atoms with Gasteiger partial charge in [-0.1, -0.05) is 0 Å². The molecule has 0 fully saturated rings. The van der Waals surface area contributed by atoms with E-state index in [9.17, 15) is 0 Å². The second-order valence-corrected chi connectivity index (χ2v) is 22.1. The zero-order chi connectivity index (χ0) is 24.7. The first-order valence-corrected chi connectivity index (χ1v) is 19.1. The normalized spacial score (nSPS) is 19.7. The van der Waals surface area contributed by atoms with E-state index in [0.29, 0.717) is 0 Å². The predicted octanol–water partition coefficient (Wildman–Crippen LogP) is 8.53. The van der Waals surface area contributed by atoms with Crippen LogP contribution in [0.1, 0.15) is 83.1 Å². The average Bonchev–Trinajstić information content (AvgIpc) is 2.59. The van der Waals surface area contributed by atoms with Gasteiger partial charge in [0.2, 0.25) is 0 Å². The molecule has 178 valence electrons. The Morgan fingerprint density at radius 1 is 0.688 bits per heavy atom. The Morgan fingerprint density at radius 2 is 1.19 bits per heavy atom. The molecule has 2 rings (SSSR count). The van der Waals surface area contributed by atoms with Crippen molar-refractivity contribution >= 4 is 51.4 Å². The molecule has 0 nitrogen and oxygen atoms in total. The Kier molecular flexibility index (Phi) is 8.92. The van der Waals surface area contributed by atoms with Gasteiger partial charge in [0.05, 0.1) is 0 Å². The van der Waals surface area contributed by atoms with Gasteiger partial charge in [0, 0.05) is 0 Å². The standard InChI is InChI=1S/C29H43ClTe2/c1-26(2,3)22-16-20(17-23(31-22)27(4,5)6)14-13-15-21-18-24(28(7,8)9)32(30)25(19-21)29(10,11)12/h13-19H,1-12H3. The van der Waals surface area contributed by atoms with E-state index in [4.69, 9.17) is 8.96 Å². The van der Waals surface area contributed by atoms with Gasteiger partial charge in [-0.25, -0.2) is 0 Å². The van der Waals surface area contributed by atoms with Crippen LogP contribution < -0.4 is 0 Å². The van der Waals surface area contributed by atoms with E-state index in [-0.39, 0.29) is 42.6 Å². The molecule has 0 atom stereocenters. The Bertz CT molecular complexity index is 932. The van der Waals surface area contributed by atoms with E-state index in [1.54, 1.807) is 7.24 Å². The topological polar surface area (TPSA) is 0 Å². The summed E-state index contributed by atoms with van der Waals surface area (Å²) in [5, 5.41) is 0. The van der Waals surface area contributed by atoms with Gasteiger partial charge in [0.15, 0.2) is 0 Å². The van der Waals surface area contributed by atoms with E-state index in [1.807, 2.05) is 0 Å². The monoisotopic (exact) mass is 686 g/mol. The van der Waals surface area contributed by atoms with Crippen LogP contribution in [0.2, 0.25) is 0 Å². The number of allylic oxidation sites excluding steroid dienone is 12. The molecule has 0 N–H and O–H groups in total. The predicted molar refractivity (Wildman–Crippen MR) is 150 cm³/mol. The van der Waals surface area contributed by atoms with E-state index in [1.165, 1.54) is 18.3 Å². The van der Waals surface area contributed by atoms with Gasteiger partial charge in [-0.2, -0.15) is 0 Å². The number of halogens is 1. The van der Waals surface area contributed by atoms with Crippen LogP contribution in [0.15, 0.2) is 64.5 Å². The Hall–Kier alpha value is 0.179. The van der Waals surface area contributed by atoms with Crippen molar-refractivity contribution in [2.45, 2.75) is 83.1 Å². The summed E-state index contributed by atoms with van der Waals surface area (Å²) in [6.07, 6.45) is 16.4. The fourth-order valence-corrected chi connectivity index (χ4v) is 15.6. The van der Waals surface area contributed by atoms with Crippen LogP contribution in [0.3, 0.4) is 0 Å². The molecule has 0 saturated carbocycles. The van der Waals surface area contributed by atoms with Gasteiger partial charge in [-0.3, -0.25) is 0 Å². The van der Waals surface area contributed by atoms with Crippen molar-refractivity contribution in [3.8, 4) is 0 Å². The van der Waals surface area contributed by atoms with Gasteiger partial charge >= 0.3 is 221 Å². The van der Waals surface area contributed by atoms with Crippen LogP contribution in [0.25, 0.3) is 0 Å². The van der Waals surface area contributed by atoms with Crippen LogP contribution >= 0.6 is 8.96 Å². The van der Waals surface area contributed by atoms with Gasteiger partial charge in [0.25, 0.3) is 0 Å². The average molecular weight is 682 g/mol. The summed E-state index contributed by atoms with van der Waals surface area (Å²) in [5.74, 6) is 0. The van der Waals surface area contributed by atoms with Crippen molar-refractivity contribution in [1.82, 2.24) is 0 Å². The minimum absolute atomic E-state index is 0.114. The third-order valence-electron chi connectivity index (χ3n) is 5.33. The number of hydrogen-bond donors (Lipinski definition) is 0. The summed E-state index contributed by atoms with van der Waals surface area (Å²) in [5.41, 5.74) is 3.31. The fourth-order valence-electron chi connectivity index (χ4n) is 3.26. The van der Waals surface area contributed by atoms with Crippen molar-refractivity contribution in [3.05, 3.63) is 64.5 Å². The summed E-state index contributed by atoms with van der Waals surface area (Å²) >= 11 is -2.26. The molecular formula is C29H43ClTe2. The first kappa shape index (κ1) is 28.4.